The average Bonchev–Trinajstić information content (AvgIpc) is 2.38. The Hall–Kier alpha value is -1.52. The molecule has 3 nitrogen and oxygen atoms in total. The van der Waals surface area contributed by atoms with Crippen molar-refractivity contribution in [1.29, 1.82) is 0 Å². The maximum atomic E-state index is 8.95. The minimum absolute atomic E-state index is 0.0563. The molecule has 0 aliphatic rings. The fourth-order valence-corrected chi connectivity index (χ4v) is 1.93. The summed E-state index contributed by atoms with van der Waals surface area (Å²) in [7, 11) is 0. The summed E-state index contributed by atoms with van der Waals surface area (Å²) >= 11 is 3.35. The van der Waals surface area contributed by atoms with Crippen molar-refractivity contribution in [2.75, 3.05) is 5.73 Å². The normalized spacial score (nSPS) is 10.3. The van der Waals surface area contributed by atoms with Crippen molar-refractivity contribution in [2.24, 2.45) is 0 Å². The first-order valence-corrected chi connectivity index (χ1v) is 6.35. The third-order valence-corrected chi connectivity index (χ3v) is 3.06. The molecule has 0 fully saturated rings. The van der Waals surface area contributed by atoms with Gasteiger partial charge < -0.3 is 15.6 Å². The lowest BCUT2D eigenvalue weighted by Gasteiger charge is -2.09. The number of halogens is 1. The van der Waals surface area contributed by atoms with Crippen LogP contribution in [0.3, 0.4) is 0 Å². The Kier molecular flexibility index (Phi) is 4.23. The van der Waals surface area contributed by atoms with E-state index >= 15 is 0 Å². The molecule has 0 aliphatic heterocycles. The molecule has 0 spiro atoms. The summed E-state index contributed by atoms with van der Waals surface area (Å²) < 4.78 is 6.57. The molecule has 0 radical (unpaired) electrons. The summed E-state index contributed by atoms with van der Waals surface area (Å²) in [5.41, 5.74) is 8.38. The van der Waals surface area contributed by atoms with Gasteiger partial charge >= 0.3 is 0 Å². The van der Waals surface area contributed by atoms with Crippen LogP contribution in [0.15, 0.2) is 46.9 Å². The highest BCUT2D eigenvalue weighted by Gasteiger charge is 2.01. The summed E-state index contributed by atoms with van der Waals surface area (Å²) in [5.74, 6) is 0.671. The van der Waals surface area contributed by atoms with Gasteiger partial charge in [-0.3, -0.25) is 0 Å². The molecule has 3 N–H and O–H groups in total. The predicted molar refractivity (Wildman–Crippen MR) is 75.3 cm³/mol. The van der Waals surface area contributed by atoms with Crippen LogP contribution in [0, 0.1) is 0 Å². The van der Waals surface area contributed by atoms with E-state index in [1.807, 2.05) is 42.5 Å². The van der Waals surface area contributed by atoms with E-state index in [0.29, 0.717) is 18.0 Å². The fraction of sp³-hybridized carbons (Fsp3) is 0.143. The molecule has 0 unspecified atom stereocenters. The zero-order valence-electron chi connectivity index (χ0n) is 9.77. The number of hydrogen-bond donors (Lipinski definition) is 2. The third kappa shape index (κ3) is 3.24. The molecule has 18 heavy (non-hydrogen) atoms. The quantitative estimate of drug-likeness (QED) is 0.853. The van der Waals surface area contributed by atoms with E-state index in [-0.39, 0.29) is 6.61 Å². The van der Waals surface area contributed by atoms with E-state index in [2.05, 4.69) is 15.9 Å². The van der Waals surface area contributed by atoms with Gasteiger partial charge in [0.2, 0.25) is 0 Å². The highest BCUT2D eigenvalue weighted by molar-refractivity contribution is 9.10. The first kappa shape index (κ1) is 12.9. The highest BCUT2D eigenvalue weighted by atomic mass is 79.9. The molecular formula is C14H14BrNO2. The third-order valence-electron chi connectivity index (χ3n) is 2.57. The Morgan fingerprint density at radius 2 is 1.72 bits per heavy atom. The van der Waals surface area contributed by atoms with Crippen molar-refractivity contribution >= 4 is 21.6 Å². The smallest absolute Gasteiger partial charge is 0.142 e. The first-order chi connectivity index (χ1) is 8.69. The Morgan fingerprint density at radius 3 is 2.33 bits per heavy atom. The molecule has 0 heterocycles. The Bertz CT molecular complexity index is 526. The fourth-order valence-electron chi connectivity index (χ4n) is 1.55. The van der Waals surface area contributed by atoms with Gasteiger partial charge in [-0.05, 0) is 29.3 Å². The molecule has 0 aliphatic carbocycles. The van der Waals surface area contributed by atoms with E-state index in [1.165, 1.54) is 0 Å². The molecule has 4 heteroatoms. The minimum atomic E-state index is 0.0563. The van der Waals surface area contributed by atoms with Crippen LogP contribution in [0.4, 0.5) is 5.69 Å². The summed E-state index contributed by atoms with van der Waals surface area (Å²) in [4.78, 5) is 0. The summed E-state index contributed by atoms with van der Waals surface area (Å²) in [5, 5.41) is 8.95. The van der Waals surface area contributed by atoms with Crippen LogP contribution in [-0.2, 0) is 13.2 Å². The van der Waals surface area contributed by atoms with Gasteiger partial charge in [-0.1, -0.05) is 40.2 Å². The van der Waals surface area contributed by atoms with Crippen LogP contribution in [-0.4, -0.2) is 5.11 Å². The number of anilines is 1. The average molecular weight is 308 g/mol. The highest BCUT2D eigenvalue weighted by Crippen LogP contribution is 2.25. The molecule has 2 rings (SSSR count). The van der Waals surface area contributed by atoms with Crippen molar-refractivity contribution in [3.8, 4) is 5.75 Å². The number of aliphatic hydroxyl groups excluding tert-OH is 1. The monoisotopic (exact) mass is 307 g/mol. The zero-order valence-corrected chi connectivity index (χ0v) is 11.4. The largest absolute Gasteiger partial charge is 0.487 e. The van der Waals surface area contributed by atoms with Gasteiger partial charge in [0, 0.05) is 4.47 Å². The van der Waals surface area contributed by atoms with Gasteiger partial charge in [-0.15, -0.1) is 0 Å². The molecule has 0 atom stereocenters. The van der Waals surface area contributed by atoms with Gasteiger partial charge in [0.1, 0.15) is 12.4 Å². The molecular weight excluding hydrogens is 294 g/mol. The van der Waals surface area contributed by atoms with Crippen LogP contribution < -0.4 is 10.5 Å². The standard InChI is InChI=1S/C14H14BrNO2/c15-12-5-6-14(13(16)7-12)18-9-11-3-1-10(8-17)2-4-11/h1-7,17H,8-9,16H2. The number of aliphatic hydroxyl groups is 1. The number of ether oxygens (including phenoxy) is 1. The van der Waals surface area contributed by atoms with Gasteiger partial charge in [-0.25, -0.2) is 0 Å². The van der Waals surface area contributed by atoms with Crippen molar-refractivity contribution in [1.82, 2.24) is 0 Å². The van der Waals surface area contributed by atoms with Crippen LogP contribution in [0.2, 0.25) is 0 Å². The van der Waals surface area contributed by atoms with Crippen LogP contribution in [0.5, 0.6) is 5.75 Å². The molecule has 0 bridgehead atoms. The van der Waals surface area contributed by atoms with Crippen molar-refractivity contribution in [2.45, 2.75) is 13.2 Å². The van der Waals surface area contributed by atoms with Crippen LogP contribution >= 0.6 is 15.9 Å². The Labute approximate surface area is 114 Å². The van der Waals surface area contributed by atoms with Crippen molar-refractivity contribution < 1.29 is 9.84 Å². The number of nitrogen functional groups attached to an aromatic ring is 1. The maximum Gasteiger partial charge on any atom is 0.142 e. The van der Waals surface area contributed by atoms with Gasteiger partial charge in [0.15, 0.2) is 0 Å². The van der Waals surface area contributed by atoms with E-state index in [1.54, 1.807) is 0 Å². The molecule has 94 valence electrons. The van der Waals surface area contributed by atoms with Gasteiger partial charge in [0.25, 0.3) is 0 Å². The summed E-state index contributed by atoms with van der Waals surface area (Å²) in [6, 6.07) is 13.2. The lowest BCUT2D eigenvalue weighted by molar-refractivity contribution is 0.281. The predicted octanol–water partition coefficient (Wildman–Crippen LogP) is 3.10. The molecule has 0 aromatic heterocycles. The molecule has 0 saturated heterocycles. The van der Waals surface area contributed by atoms with Crippen LogP contribution in [0.25, 0.3) is 0 Å². The second-order valence-corrected chi connectivity index (χ2v) is 4.86. The van der Waals surface area contributed by atoms with E-state index in [4.69, 9.17) is 15.6 Å². The number of benzene rings is 2. The molecule has 2 aromatic rings. The van der Waals surface area contributed by atoms with Gasteiger partial charge in [0.05, 0.1) is 12.3 Å². The van der Waals surface area contributed by atoms with Crippen molar-refractivity contribution in [3.05, 3.63) is 58.1 Å². The SMILES string of the molecule is Nc1cc(Br)ccc1OCc1ccc(CO)cc1. The van der Waals surface area contributed by atoms with E-state index < -0.39 is 0 Å². The summed E-state index contributed by atoms with van der Waals surface area (Å²) in [6.45, 7) is 0.512. The van der Waals surface area contributed by atoms with Crippen molar-refractivity contribution in [3.63, 3.8) is 0 Å². The first-order valence-electron chi connectivity index (χ1n) is 5.55. The van der Waals surface area contributed by atoms with Crippen LogP contribution in [0.1, 0.15) is 11.1 Å². The van der Waals surface area contributed by atoms with E-state index in [0.717, 1.165) is 15.6 Å². The molecule has 0 amide bonds. The second-order valence-electron chi connectivity index (χ2n) is 3.95. The second kappa shape index (κ2) is 5.89. The summed E-state index contributed by atoms with van der Waals surface area (Å²) in [6.07, 6.45) is 0. The maximum absolute atomic E-state index is 8.95. The number of hydrogen-bond acceptors (Lipinski definition) is 3. The lowest BCUT2D eigenvalue weighted by atomic mass is 10.1. The lowest BCUT2D eigenvalue weighted by Crippen LogP contribution is -1.99. The molecule has 0 saturated carbocycles. The number of rotatable bonds is 4. The minimum Gasteiger partial charge on any atom is -0.487 e. The Balaban J connectivity index is 2.02. The zero-order chi connectivity index (χ0) is 13.0. The Morgan fingerprint density at radius 1 is 1.06 bits per heavy atom. The topological polar surface area (TPSA) is 55.5 Å². The van der Waals surface area contributed by atoms with E-state index in [9.17, 15) is 0 Å². The molecule has 2 aromatic carbocycles. The van der Waals surface area contributed by atoms with Gasteiger partial charge in [-0.2, -0.15) is 0 Å². The number of nitrogens with two attached hydrogens (primary N) is 1.